The Balaban J connectivity index is 1.16. The normalized spacial score (nSPS) is 14.9. The predicted molar refractivity (Wildman–Crippen MR) is 314 cm³/mol. The molecule has 466 valence electrons. The number of carboxylic acids is 1. The minimum atomic E-state index is -1.76. The van der Waals surface area contributed by atoms with Crippen molar-refractivity contribution in [2.75, 3.05) is 32.8 Å². The average Bonchev–Trinajstić information content (AvgIpc) is 2.40. The molecular weight excluding hydrogens is 1130 g/mol. The largest absolute Gasteiger partial charge is 0.508 e. The number of phenols is 1. The lowest BCUT2D eigenvalue weighted by Crippen LogP contribution is -2.60. The van der Waals surface area contributed by atoms with Crippen LogP contribution < -0.4 is 54.0 Å². The van der Waals surface area contributed by atoms with E-state index in [0.717, 1.165) is 0 Å². The Kier molecular flexibility index (Phi) is 25.0. The first-order valence-electron chi connectivity index (χ1n) is 28.2. The lowest BCUT2D eigenvalue weighted by atomic mass is 10.0. The minimum absolute atomic E-state index is 0.00214. The van der Waals surface area contributed by atoms with Gasteiger partial charge in [0.25, 0.3) is 0 Å². The van der Waals surface area contributed by atoms with E-state index in [1.54, 1.807) is 74.6 Å². The van der Waals surface area contributed by atoms with Gasteiger partial charge in [-0.3, -0.25) is 48.1 Å². The van der Waals surface area contributed by atoms with Gasteiger partial charge in [0.05, 0.1) is 19.5 Å². The molecule has 17 N–H and O–H groups in total. The van der Waals surface area contributed by atoms with Gasteiger partial charge in [-0.25, -0.2) is 9.78 Å². The predicted octanol–water partition coefficient (Wildman–Crippen LogP) is -1.26. The Bertz CT molecular complexity index is 3190. The summed E-state index contributed by atoms with van der Waals surface area (Å²) < 4.78 is 5.40. The number of fused-ring (bicyclic) bond motifs is 1. The van der Waals surface area contributed by atoms with E-state index in [0.29, 0.717) is 39.7 Å². The van der Waals surface area contributed by atoms with Crippen LogP contribution in [0, 0.1) is 5.92 Å². The van der Waals surface area contributed by atoms with Crippen molar-refractivity contribution in [1.82, 2.24) is 62.4 Å². The quantitative estimate of drug-likeness (QED) is 0.0136. The highest BCUT2D eigenvalue weighted by molar-refractivity contribution is 5.98. The Hall–Kier alpha value is -10.1. The van der Waals surface area contributed by atoms with Crippen molar-refractivity contribution in [3.05, 3.63) is 120 Å². The van der Waals surface area contributed by atoms with Crippen LogP contribution in [0.15, 0.2) is 103 Å². The number of rotatable bonds is 32. The number of benzene rings is 3. The molecule has 1 aliphatic rings. The summed E-state index contributed by atoms with van der Waals surface area (Å²) in [5.41, 5.74) is 13.8. The fourth-order valence-electron chi connectivity index (χ4n) is 9.61. The van der Waals surface area contributed by atoms with E-state index in [-0.39, 0.29) is 82.3 Å². The molecule has 0 spiro atoms. The van der Waals surface area contributed by atoms with Gasteiger partial charge in [-0.15, -0.1) is 0 Å². The maximum absolute atomic E-state index is 14.5. The number of carbonyl (C=O) groups excluding carboxylic acids is 9. The van der Waals surface area contributed by atoms with Crippen LogP contribution in [-0.4, -0.2) is 176 Å². The second-order valence-electron chi connectivity index (χ2n) is 21.1. The zero-order valence-corrected chi connectivity index (χ0v) is 48.1. The number of ether oxygens (including phenoxy) is 1. The van der Waals surface area contributed by atoms with Gasteiger partial charge in [-0.1, -0.05) is 74.5 Å². The number of H-pyrrole nitrogens is 2. The number of aliphatic hydroxyl groups is 1. The number of guanidine groups is 1. The van der Waals surface area contributed by atoms with Crippen LogP contribution in [0.1, 0.15) is 68.3 Å². The fourth-order valence-corrected chi connectivity index (χ4v) is 9.61. The minimum Gasteiger partial charge on any atom is -0.508 e. The van der Waals surface area contributed by atoms with Gasteiger partial charge < -0.3 is 88.9 Å². The van der Waals surface area contributed by atoms with Crippen molar-refractivity contribution in [1.29, 1.82) is 0 Å². The number of amides is 9. The van der Waals surface area contributed by atoms with Gasteiger partial charge >= 0.3 is 12.1 Å². The number of aliphatic hydroxyl groups excluding tert-OH is 1. The molecule has 6 rings (SSSR count). The number of aliphatic carboxylic acids is 1. The molecule has 9 amide bonds. The molecule has 0 saturated carbocycles. The maximum atomic E-state index is 14.5. The first-order chi connectivity index (χ1) is 41.7. The molecule has 7 atom stereocenters. The van der Waals surface area contributed by atoms with Crippen molar-refractivity contribution < 1.29 is 68.0 Å². The number of aromatic nitrogens is 3. The summed E-state index contributed by atoms with van der Waals surface area (Å²) in [6, 6.07) is 12.0. The van der Waals surface area contributed by atoms with Gasteiger partial charge in [-0.05, 0) is 72.9 Å². The lowest BCUT2D eigenvalue weighted by Gasteiger charge is -2.30. The van der Waals surface area contributed by atoms with Crippen LogP contribution in [0.2, 0.25) is 0 Å². The molecular formula is C58H75N15O14. The molecule has 0 bridgehead atoms. The van der Waals surface area contributed by atoms with Crippen LogP contribution >= 0.6 is 0 Å². The smallest absolute Gasteiger partial charge is 0.408 e. The molecule has 1 saturated heterocycles. The van der Waals surface area contributed by atoms with Gasteiger partial charge in [0.1, 0.15) is 61.2 Å². The van der Waals surface area contributed by atoms with E-state index in [4.69, 9.17) is 21.3 Å². The molecule has 1 fully saturated rings. The molecule has 0 unspecified atom stereocenters. The number of hydrogen-bond donors (Lipinski definition) is 15. The number of hydrogen-bond acceptors (Lipinski definition) is 15. The zero-order chi connectivity index (χ0) is 63.0. The summed E-state index contributed by atoms with van der Waals surface area (Å²) in [4.78, 5) is 152. The Morgan fingerprint density at radius 2 is 1.36 bits per heavy atom. The molecule has 3 aromatic carbocycles. The molecule has 3 heterocycles. The maximum Gasteiger partial charge on any atom is 0.408 e. The highest BCUT2D eigenvalue weighted by Crippen LogP contribution is 2.22. The monoisotopic (exact) mass is 1210 g/mol. The highest BCUT2D eigenvalue weighted by atomic mass is 16.5. The van der Waals surface area contributed by atoms with E-state index >= 15 is 0 Å². The first-order valence-corrected chi connectivity index (χ1v) is 28.2. The van der Waals surface area contributed by atoms with E-state index in [9.17, 15) is 58.2 Å². The molecule has 2 aromatic heterocycles. The van der Waals surface area contributed by atoms with Crippen LogP contribution in [0.4, 0.5) is 4.79 Å². The number of alkyl carbamates (subject to hydrolysis) is 1. The van der Waals surface area contributed by atoms with Crippen LogP contribution in [0.25, 0.3) is 10.9 Å². The number of likely N-dealkylation sites (tertiary alicyclic amines) is 1. The molecule has 5 aromatic rings. The average molecular weight is 1210 g/mol. The van der Waals surface area contributed by atoms with Crippen LogP contribution in [0.3, 0.4) is 0 Å². The van der Waals surface area contributed by atoms with Crippen molar-refractivity contribution in [3.63, 3.8) is 0 Å². The third kappa shape index (κ3) is 20.9. The third-order valence-electron chi connectivity index (χ3n) is 14.0. The summed E-state index contributed by atoms with van der Waals surface area (Å²) in [7, 11) is 0. The van der Waals surface area contributed by atoms with Gasteiger partial charge in [0.2, 0.25) is 47.3 Å². The molecule has 0 aliphatic carbocycles. The van der Waals surface area contributed by atoms with E-state index in [1.807, 2.05) is 0 Å². The second-order valence-corrected chi connectivity index (χ2v) is 21.1. The Morgan fingerprint density at radius 3 is 2.02 bits per heavy atom. The number of nitrogens with zero attached hydrogens (tertiary/aromatic N) is 3. The van der Waals surface area contributed by atoms with Gasteiger partial charge in [0, 0.05) is 61.3 Å². The number of phenolic OH excluding ortho intramolecular Hbond substituents is 1. The van der Waals surface area contributed by atoms with Crippen molar-refractivity contribution in [3.8, 4) is 5.75 Å². The zero-order valence-electron chi connectivity index (χ0n) is 48.1. The Labute approximate surface area is 500 Å². The number of aromatic amines is 2. The van der Waals surface area contributed by atoms with Crippen LogP contribution in [-0.2, 0) is 73.8 Å². The summed E-state index contributed by atoms with van der Waals surface area (Å²) in [6.45, 7) is 1.23. The highest BCUT2D eigenvalue weighted by Gasteiger charge is 2.39. The summed E-state index contributed by atoms with van der Waals surface area (Å²) in [5, 5.41) is 50.8. The van der Waals surface area contributed by atoms with E-state index < -0.39 is 121 Å². The lowest BCUT2D eigenvalue weighted by molar-refractivity contribution is -0.143. The number of para-hydroxylation sites is 1. The number of aliphatic imine (C=N–C) groups is 1. The number of aromatic hydroxyl groups is 1. The number of nitrogens with one attached hydrogen (secondary N) is 10. The first kappa shape index (κ1) is 66.1. The van der Waals surface area contributed by atoms with Crippen LogP contribution in [0.5, 0.6) is 5.75 Å². The molecule has 29 heteroatoms. The third-order valence-corrected chi connectivity index (χ3v) is 14.0. The van der Waals surface area contributed by atoms with Crippen molar-refractivity contribution in [2.45, 2.75) is 114 Å². The van der Waals surface area contributed by atoms with E-state index in [2.05, 4.69) is 62.5 Å². The summed E-state index contributed by atoms with van der Waals surface area (Å²) >= 11 is 0. The summed E-state index contributed by atoms with van der Waals surface area (Å²) in [5.74, 6) is -8.54. The number of nitrogens with two attached hydrogens (primary N) is 2. The number of carbonyl (C=O) groups is 10. The topological polar surface area (TPSA) is 449 Å². The number of imidazole rings is 1. The summed E-state index contributed by atoms with van der Waals surface area (Å²) in [6.07, 6.45) is 3.90. The number of carboxylic acid groups (broad SMARTS) is 1. The van der Waals surface area contributed by atoms with Crippen molar-refractivity contribution >= 4 is 76.2 Å². The SMILES string of the molecule is CC(C)C[C@H](NC(=O)CNC(=O)[C@H](Cc1ccc(O)cc1)NC(=O)[C@H](CO)NC(=O)[C@H](Cc1c[nH]c2ccccc12)NC(=O)[C@H](Cc1cnc[nH]1)NC(=O)OCc1ccccc1)C(=O)N[C@@H](CCCN=C(N)N)C(=O)N1CCC[C@H]1C(=O)NCC(=O)O. The van der Waals surface area contributed by atoms with Gasteiger partial charge in [0.15, 0.2) is 5.96 Å². The molecule has 1 aliphatic heterocycles. The van der Waals surface area contributed by atoms with E-state index in [1.165, 1.54) is 41.7 Å². The Morgan fingerprint density at radius 1 is 0.713 bits per heavy atom. The fraction of sp³-hybridized carbons (Fsp3) is 0.414. The molecule has 87 heavy (non-hydrogen) atoms. The standard InChI is InChI=1S/C58H75N15O14/c1-33(2)22-42(51(80)68-41(14-8-20-62-57(59)60)56(85)73-21-9-15-47(73)55(84)65-29-49(77)78)67-48(76)28-64-50(79)43(23-34-16-18-38(75)19-17-34)69-54(83)46(30-74)71-52(81)44(24-36-26-63-40-13-7-6-12-39(36)40)70-53(82)45(25-37-27-61-32-66-37)72-58(86)87-31-35-10-4-3-5-11-35/h3-7,10-13,16-19,26-27,32-33,41-47,63,74-75H,8-9,14-15,20-25,28-31H2,1-2H3,(H,61,66)(H,64,79)(H,65,84)(H,67,76)(H,68,80)(H,69,83)(H,70,82)(H,71,81)(H,72,86)(H,77,78)(H4,59,60,62)/t41-,42-,43-,44-,45-,46-,47-/m0/s1. The second kappa shape index (κ2) is 32.9. The van der Waals surface area contributed by atoms with Gasteiger partial charge in [-0.2, -0.15) is 0 Å². The molecule has 0 radical (unpaired) electrons. The van der Waals surface area contributed by atoms with Crippen molar-refractivity contribution in [2.24, 2.45) is 22.4 Å². The molecule has 29 nitrogen and oxygen atoms in total.